The summed E-state index contributed by atoms with van der Waals surface area (Å²) in [6.45, 7) is 3.08. The van der Waals surface area contributed by atoms with Gasteiger partial charge in [0.05, 0.1) is 12.0 Å². The lowest BCUT2D eigenvalue weighted by molar-refractivity contribution is -0.118. The third-order valence-electron chi connectivity index (χ3n) is 3.53. The van der Waals surface area contributed by atoms with Gasteiger partial charge < -0.3 is 15.3 Å². The molecule has 5 heteroatoms. The highest BCUT2D eigenvalue weighted by molar-refractivity contribution is 6.18. The van der Waals surface area contributed by atoms with E-state index in [-0.39, 0.29) is 11.8 Å². The first-order chi connectivity index (χ1) is 9.65. The SMILES string of the molecule is CCC(=O)N1CCCc2ccc(NCC(O)CCl)cc21. The third kappa shape index (κ3) is 3.44. The normalized spacial score (nSPS) is 15.7. The van der Waals surface area contributed by atoms with Gasteiger partial charge in [0.15, 0.2) is 0 Å². The summed E-state index contributed by atoms with van der Waals surface area (Å²) in [6.07, 6.45) is 1.97. The molecule has 1 aromatic rings. The summed E-state index contributed by atoms with van der Waals surface area (Å²) in [5.74, 6) is 0.363. The standard InChI is InChI=1S/C15H21ClN2O2/c1-2-15(20)18-7-3-4-11-5-6-12(8-14(11)18)17-10-13(19)9-16/h5-6,8,13,17,19H,2-4,7,9-10H2,1H3. The van der Waals surface area contributed by atoms with E-state index in [0.29, 0.717) is 13.0 Å². The summed E-state index contributed by atoms with van der Waals surface area (Å²) >= 11 is 5.57. The number of benzene rings is 1. The minimum atomic E-state index is -0.568. The van der Waals surface area contributed by atoms with Crippen molar-refractivity contribution in [2.75, 3.05) is 29.2 Å². The number of fused-ring (bicyclic) bond motifs is 1. The fourth-order valence-electron chi connectivity index (χ4n) is 2.42. The Labute approximate surface area is 124 Å². The molecular formula is C15H21ClN2O2. The highest BCUT2D eigenvalue weighted by Gasteiger charge is 2.21. The number of aliphatic hydroxyl groups excluding tert-OH is 1. The van der Waals surface area contributed by atoms with Crippen LogP contribution < -0.4 is 10.2 Å². The maximum Gasteiger partial charge on any atom is 0.226 e. The number of halogens is 1. The van der Waals surface area contributed by atoms with Crippen molar-refractivity contribution in [2.24, 2.45) is 0 Å². The molecule has 2 rings (SSSR count). The molecule has 1 atom stereocenters. The lowest BCUT2D eigenvalue weighted by Gasteiger charge is -2.30. The number of amides is 1. The molecule has 20 heavy (non-hydrogen) atoms. The molecule has 1 amide bonds. The molecule has 0 aliphatic carbocycles. The van der Waals surface area contributed by atoms with Gasteiger partial charge in [0.25, 0.3) is 0 Å². The van der Waals surface area contributed by atoms with E-state index in [4.69, 9.17) is 11.6 Å². The number of carbonyl (C=O) groups is 1. The molecule has 1 aliphatic rings. The number of nitrogens with one attached hydrogen (secondary N) is 1. The Morgan fingerprint density at radius 3 is 3.05 bits per heavy atom. The predicted octanol–water partition coefficient (Wildman–Crippen LogP) is 2.39. The van der Waals surface area contributed by atoms with Crippen LogP contribution in [0.1, 0.15) is 25.3 Å². The van der Waals surface area contributed by atoms with Gasteiger partial charge in [-0.05, 0) is 30.5 Å². The number of hydrogen-bond donors (Lipinski definition) is 2. The summed E-state index contributed by atoms with van der Waals surface area (Å²) < 4.78 is 0. The number of carbonyl (C=O) groups excluding carboxylic acids is 1. The van der Waals surface area contributed by atoms with Gasteiger partial charge >= 0.3 is 0 Å². The zero-order valence-corrected chi connectivity index (χ0v) is 12.5. The second-order valence-electron chi connectivity index (χ2n) is 5.04. The van der Waals surface area contributed by atoms with Crippen LogP contribution in [0.5, 0.6) is 0 Å². The second-order valence-corrected chi connectivity index (χ2v) is 5.34. The van der Waals surface area contributed by atoms with Gasteiger partial charge in [0.1, 0.15) is 0 Å². The van der Waals surface area contributed by atoms with Crippen LogP contribution in [0.15, 0.2) is 18.2 Å². The minimum absolute atomic E-state index is 0.156. The van der Waals surface area contributed by atoms with Gasteiger partial charge in [-0.1, -0.05) is 13.0 Å². The van der Waals surface area contributed by atoms with E-state index < -0.39 is 6.10 Å². The summed E-state index contributed by atoms with van der Waals surface area (Å²) in [5, 5.41) is 12.6. The topological polar surface area (TPSA) is 52.6 Å². The fraction of sp³-hybridized carbons (Fsp3) is 0.533. The molecule has 1 heterocycles. The molecule has 2 N–H and O–H groups in total. The Morgan fingerprint density at radius 2 is 2.35 bits per heavy atom. The van der Waals surface area contributed by atoms with Crippen molar-refractivity contribution < 1.29 is 9.90 Å². The highest BCUT2D eigenvalue weighted by atomic mass is 35.5. The molecule has 0 radical (unpaired) electrons. The van der Waals surface area contributed by atoms with Crippen LogP contribution in [0.3, 0.4) is 0 Å². The molecule has 0 spiro atoms. The van der Waals surface area contributed by atoms with Crippen molar-refractivity contribution in [3.63, 3.8) is 0 Å². The molecule has 0 aromatic heterocycles. The van der Waals surface area contributed by atoms with E-state index in [1.54, 1.807) is 0 Å². The zero-order valence-electron chi connectivity index (χ0n) is 11.7. The molecule has 1 aliphatic heterocycles. The van der Waals surface area contributed by atoms with Crippen molar-refractivity contribution in [1.29, 1.82) is 0 Å². The number of alkyl halides is 1. The summed E-state index contributed by atoms with van der Waals surface area (Å²) in [4.78, 5) is 13.9. The smallest absolute Gasteiger partial charge is 0.226 e. The van der Waals surface area contributed by atoms with E-state index in [1.807, 2.05) is 24.0 Å². The van der Waals surface area contributed by atoms with Gasteiger partial charge in [0.2, 0.25) is 5.91 Å². The average Bonchev–Trinajstić information content (AvgIpc) is 2.50. The van der Waals surface area contributed by atoms with Gasteiger partial charge in [-0.15, -0.1) is 11.6 Å². The molecule has 1 unspecified atom stereocenters. The van der Waals surface area contributed by atoms with Gasteiger partial charge in [0, 0.05) is 30.9 Å². The van der Waals surface area contributed by atoms with Crippen LogP contribution in [0, 0.1) is 0 Å². The van der Waals surface area contributed by atoms with Crippen LogP contribution in [0.25, 0.3) is 0 Å². The van der Waals surface area contributed by atoms with Crippen LogP contribution in [-0.2, 0) is 11.2 Å². The predicted molar refractivity (Wildman–Crippen MR) is 82.6 cm³/mol. The van der Waals surface area contributed by atoms with Gasteiger partial charge in [-0.3, -0.25) is 4.79 Å². The minimum Gasteiger partial charge on any atom is -0.390 e. The summed E-state index contributed by atoms with van der Waals surface area (Å²) in [7, 11) is 0. The molecule has 110 valence electrons. The van der Waals surface area contributed by atoms with Crippen molar-refractivity contribution in [1.82, 2.24) is 0 Å². The lowest BCUT2D eigenvalue weighted by atomic mass is 10.0. The van der Waals surface area contributed by atoms with Gasteiger partial charge in [-0.25, -0.2) is 0 Å². The largest absolute Gasteiger partial charge is 0.390 e. The van der Waals surface area contributed by atoms with Crippen molar-refractivity contribution in [3.8, 4) is 0 Å². The van der Waals surface area contributed by atoms with Crippen molar-refractivity contribution >= 4 is 28.9 Å². The fourth-order valence-corrected chi connectivity index (χ4v) is 2.53. The van der Waals surface area contributed by atoms with Crippen molar-refractivity contribution in [2.45, 2.75) is 32.3 Å². The van der Waals surface area contributed by atoms with E-state index in [2.05, 4.69) is 11.4 Å². The maximum atomic E-state index is 12.0. The van der Waals surface area contributed by atoms with E-state index >= 15 is 0 Å². The number of aryl methyl sites for hydroxylation is 1. The van der Waals surface area contributed by atoms with E-state index in [0.717, 1.165) is 30.8 Å². The molecule has 0 fully saturated rings. The number of rotatable bonds is 5. The van der Waals surface area contributed by atoms with E-state index in [1.165, 1.54) is 5.56 Å². The first-order valence-electron chi connectivity index (χ1n) is 7.07. The van der Waals surface area contributed by atoms with Crippen LogP contribution in [0.2, 0.25) is 0 Å². The van der Waals surface area contributed by atoms with E-state index in [9.17, 15) is 9.90 Å². The Bertz CT molecular complexity index is 479. The maximum absolute atomic E-state index is 12.0. The lowest BCUT2D eigenvalue weighted by Crippen LogP contribution is -2.35. The van der Waals surface area contributed by atoms with Gasteiger partial charge in [-0.2, -0.15) is 0 Å². The first kappa shape index (κ1) is 15.1. The van der Waals surface area contributed by atoms with Crippen LogP contribution in [0.4, 0.5) is 11.4 Å². The Balaban J connectivity index is 2.17. The average molecular weight is 297 g/mol. The van der Waals surface area contributed by atoms with Crippen LogP contribution >= 0.6 is 11.6 Å². The number of anilines is 2. The molecule has 0 saturated heterocycles. The number of aliphatic hydroxyl groups is 1. The summed E-state index contributed by atoms with van der Waals surface area (Å²) in [6, 6.07) is 6.03. The zero-order chi connectivity index (χ0) is 14.5. The molecule has 0 bridgehead atoms. The molecular weight excluding hydrogens is 276 g/mol. The Hall–Kier alpha value is -1.26. The quantitative estimate of drug-likeness (QED) is 0.820. The Morgan fingerprint density at radius 1 is 1.55 bits per heavy atom. The van der Waals surface area contributed by atoms with Crippen molar-refractivity contribution in [3.05, 3.63) is 23.8 Å². The molecule has 0 saturated carbocycles. The Kier molecular flexibility index (Phi) is 5.26. The second kappa shape index (κ2) is 6.95. The van der Waals surface area contributed by atoms with Crippen LogP contribution in [-0.4, -0.2) is 36.1 Å². The monoisotopic (exact) mass is 296 g/mol. The molecule has 4 nitrogen and oxygen atoms in total. The number of hydrogen-bond acceptors (Lipinski definition) is 3. The number of nitrogens with zero attached hydrogens (tertiary/aromatic N) is 1. The molecule has 1 aromatic carbocycles. The first-order valence-corrected chi connectivity index (χ1v) is 7.60. The third-order valence-corrected chi connectivity index (χ3v) is 3.88. The summed E-state index contributed by atoms with van der Waals surface area (Å²) in [5.41, 5.74) is 3.11. The highest BCUT2D eigenvalue weighted by Crippen LogP contribution is 2.30.